The van der Waals surface area contributed by atoms with Crippen LogP contribution in [0.2, 0.25) is 0 Å². The van der Waals surface area contributed by atoms with Crippen LogP contribution in [-0.2, 0) is 32.1 Å². The van der Waals surface area contributed by atoms with Gasteiger partial charge in [0.15, 0.2) is 17.6 Å². The van der Waals surface area contributed by atoms with Crippen molar-refractivity contribution < 1.29 is 28.6 Å². The largest absolute Gasteiger partial charge is 0.454 e. The lowest BCUT2D eigenvalue weighted by Crippen LogP contribution is -2.35. The summed E-state index contributed by atoms with van der Waals surface area (Å²) in [5.74, 6) is 0.242. The molecule has 0 radical (unpaired) electrons. The van der Waals surface area contributed by atoms with Gasteiger partial charge in [-0.1, -0.05) is 18.2 Å². The molecule has 0 fully saturated rings. The van der Waals surface area contributed by atoms with Crippen molar-refractivity contribution in [3.8, 4) is 11.5 Å². The number of carbonyl (C=O) groups excluding carboxylic acids is 3. The summed E-state index contributed by atoms with van der Waals surface area (Å²) in [6.07, 6.45) is -0.893. The molecule has 2 aromatic rings. The van der Waals surface area contributed by atoms with E-state index >= 15 is 0 Å². The Kier molecular flexibility index (Phi) is 6.33. The van der Waals surface area contributed by atoms with Crippen molar-refractivity contribution in [2.24, 2.45) is 0 Å². The van der Waals surface area contributed by atoms with Gasteiger partial charge in [-0.25, -0.2) is 0 Å². The molecule has 3 rings (SSSR count). The second-order valence-electron chi connectivity index (χ2n) is 6.59. The Morgan fingerprint density at radius 1 is 1.03 bits per heavy atom. The number of carbonyl (C=O) groups is 3. The summed E-state index contributed by atoms with van der Waals surface area (Å²) in [7, 11) is 0. The van der Waals surface area contributed by atoms with Crippen LogP contribution in [0.4, 0.5) is 5.69 Å². The zero-order valence-electron chi connectivity index (χ0n) is 16.2. The van der Waals surface area contributed by atoms with Crippen LogP contribution in [0.5, 0.6) is 11.5 Å². The van der Waals surface area contributed by atoms with Crippen molar-refractivity contribution in [3.05, 3.63) is 53.6 Å². The molecule has 2 amide bonds. The highest BCUT2D eigenvalue weighted by Crippen LogP contribution is 2.32. The number of amides is 2. The molecule has 8 nitrogen and oxygen atoms in total. The predicted molar refractivity (Wildman–Crippen MR) is 104 cm³/mol. The van der Waals surface area contributed by atoms with Gasteiger partial charge in [0.2, 0.25) is 12.7 Å². The van der Waals surface area contributed by atoms with Crippen molar-refractivity contribution >= 4 is 23.5 Å². The molecule has 0 spiro atoms. The summed E-state index contributed by atoms with van der Waals surface area (Å²) in [4.78, 5) is 35.3. The summed E-state index contributed by atoms with van der Waals surface area (Å²) in [6, 6.07) is 12.2. The molecule has 0 aromatic heterocycles. The molecule has 0 aliphatic carbocycles. The minimum absolute atomic E-state index is 0.0279. The summed E-state index contributed by atoms with van der Waals surface area (Å²) in [6.45, 7) is 3.41. The first kappa shape index (κ1) is 20.2. The summed E-state index contributed by atoms with van der Waals surface area (Å²) in [5.41, 5.74) is 2.21. The molecular formula is C21H22N2O6. The third kappa shape index (κ3) is 5.71. The lowest BCUT2D eigenvalue weighted by atomic mass is 10.1. The fourth-order valence-electron chi connectivity index (χ4n) is 2.75. The maximum atomic E-state index is 12.2. The zero-order chi connectivity index (χ0) is 20.8. The van der Waals surface area contributed by atoms with Crippen molar-refractivity contribution in [1.29, 1.82) is 0 Å². The molecule has 0 bridgehead atoms. The van der Waals surface area contributed by atoms with Crippen LogP contribution in [0, 0.1) is 0 Å². The molecular weight excluding hydrogens is 376 g/mol. The van der Waals surface area contributed by atoms with Gasteiger partial charge in [-0.05, 0) is 42.3 Å². The van der Waals surface area contributed by atoms with E-state index in [-0.39, 0.29) is 25.7 Å². The Hall–Kier alpha value is -3.55. The molecule has 1 aliphatic rings. The first-order valence-corrected chi connectivity index (χ1v) is 9.13. The van der Waals surface area contributed by atoms with Crippen LogP contribution >= 0.6 is 0 Å². The molecule has 0 unspecified atom stereocenters. The van der Waals surface area contributed by atoms with E-state index in [1.54, 1.807) is 36.4 Å². The van der Waals surface area contributed by atoms with Crippen molar-refractivity contribution in [2.45, 2.75) is 32.9 Å². The van der Waals surface area contributed by atoms with E-state index in [4.69, 9.17) is 14.2 Å². The fraction of sp³-hybridized carbons (Fsp3) is 0.286. The number of anilines is 1. The number of hydrogen-bond donors (Lipinski definition) is 2. The number of fused-ring (bicyclic) bond motifs is 1. The lowest BCUT2D eigenvalue weighted by molar-refractivity contribution is -0.154. The van der Waals surface area contributed by atoms with Gasteiger partial charge in [-0.3, -0.25) is 14.4 Å². The highest BCUT2D eigenvalue weighted by Gasteiger charge is 2.19. The standard InChI is InChI=1S/C21H22N2O6/c1-13(21(26)22-11-16-5-8-18-19(9-16)28-12-27-18)29-20(25)10-15-3-6-17(7-4-15)23-14(2)24/h3-9,13H,10-12H2,1-2H3,(H,22,26)(H,23,24)/t13-/m1/s1. The highest BCUT2D eigenvalue weighted by atomic mass is 16.7. The van der Waals surface area contributed by atoms with Gasteiger partial charge in [-0.2, -0.15) is 0 Å². The lowest BCUT2D eigenvalue weighted by Gasteiger charge is -2.14. The molecule has 0 saturated carbocycles. The maximum absolute atomic E-state index is 12.2. The van der Waals surface area contributed by atoms with Gasteiger partial charge in [0.25, 0.3) is 5.91 Å². The number of esters is 1. The molecule has 1 heterocycles. The van der Waals surface area contributed by atoms with Gasteiger partial charge >= 0.3 is 5.97 Å². The quantitative estimate of drug-likeness (QED) is 0.693. The second-order valence-corrected chi connectivity index (χ2v) is 6.59. The van der Waals surface area contributed by atoms with E-state index in [0.29, 0.717) is 17.2 Å². The number of benzene rings is 2. The Balaban J connectivity index is 1.45. The average Bonchev–Trinajstić information content (AvgIpc) is 3.15. The monoisotopic (exact) mass is 398 g/mol. The summed E-state index contributed by atoms with van der Waals surface area (Å²) >= 11 is 0. The molecule has 0 saturated heterocycles. The van der Waals surface area contributed by atoms with E-state index in [1.807, 2.05) is 6.07 Å². The van der Waals surface area contributed by atoms with Crippen molar-refractivity contribution in [2.75, 3.05) is 12.1 Å². The Bertz CT molecular complexity index is 910. The van der Waals surface area contributed by atoms with Crippen LogP contribution in [0.1, 0.15) is 25.0 Å². The first-order chi connectivity index (χ1) is 13.9. The van der Waals surface area contributed by atoms with Crippen molar-refractivity contribution in [1.82, 2.24) is 5.32 Å². The Labute approximate surface area is 168 Å². The average molecular weight is 398 g/mol. The Morgan fingerprint density at radius 3 is 2.45 bits per heavy atom. The number of nitrogens with one attached hydrogen (secondary N) is 2. The van der Waals surface area contributed by atoms with Gasteiger partial charge in [0.05, 0.1) is 6.42 Å². The van der Waals surface area contributed by atoms with E-state index in [2.05, 4.69) is 10.6 Å². The summed E-state index contributed by atoms with van der Waals surface area (Å²) in [5, 5.41) is 5.38. The van der Waals surface area contributed by atoms with Gasteiger partial charge in [0, 0.05) is 19.2 Å². The normalized spacial score (nSPS) is 12.8. The van der Waals surface area contributed by atoms with Crippen LogP contribution < -0.4 is 20.1 Å². The fourth-order valence-corrected chi connectivity index (χ4v) is 2.75. The third-order valence-electron chi connectivity index (χ3n) is 4.20. The third-order valence-corrected chi connectivity index (χ3v) is 4.20. The van der Waals surface area contributed by atoms with Crippen molar-refractivity contribution in [3.63, 3.8) is 0 Å². The topological polar surface area (TPSA) is 103 Å². The van der Waals surface area contributed by atoms with E-state index in [0.717, 1.165) is 11.1 Å². The molecule has 29 heavy (non-hydrogen) atoms. The highest BCUT2D eigenvalue weighted by molar-refractivity contribution is 5.88. The number of hydrogen-bond acceptors (Lipinski definition) is 6. The minimum atomic E-state index is -0.921. The van der Waals surface area contributed by atoms with E-state index in [1.165, 1.54) is 13.8 Å². The van der Waals surface area contributed by atoms with Gasteiger partial charge < -0.3 is 24.8 Å². The van der Waals surface area contributed by atoms with Crippen LogP contribution in [0.25, 0.3) is 0 Å². The smallest absolute Gasteiger partial charge is 0.311 e. The SMILES string of the molecule is CC(=O)Nc1ccc(CC(=O)O[C@H](C)C(=O)NCc2ccc3c(c2)OCO3)cc1. The zero-order valence-corrected chi connectivity index (χ0v) is 16.2. The summed E-state index contributed by atoms with van der Waals surface area (Å²) < 4.78 is 15.8. The first-order valence-electron chi connectivity index (χ1n) is 9.13. The van der Waals surface area contributed by atoms with Crippen LogP contribution in [0.15, 0.2) is 42.5 Å². The van der Waals surface area contributed by atoms with E-state index in [9.17, 15) is 14.4 Å². The maximum Gasteiger partial charge on any atom is 0.311 e. The van der Waals surface area contributed by atoms with Crippen LogP contribution in [0.3, 0.4) is 0 Å². The molecule has 8 heteroatoms. The van der Waals surface area contributed by atoms with E-state index < -0.39 is 18.0 Å². The second kappa shape index (κ2) is 9.09. The van der Waals surface area contributed by atoms with Crippen LogP contribution in [-0.4, -0.2) is 30.7 Å². The molecule has 1 aliphatic heterocycles. The predicted octanol–water partition coefficient (Wildman–Crippen LogP) is 2.16. The molecule has 1 atom stereocenters. The minimum Gasteiger partial charge on any atom is -0.454 e. The molecule has 152 valence electrons. The number of ether oxygens (including phenoxy) is 3. The Morgan fingerprint density at radius 2 is 1.72 bits per heavy atom. The molecule has 2 N–H and O–H groups in total. The molecule has 2 aromatic carbocycles. The number of rotatable bonds is 7. The van der Waals surface area contributed by atoms with Gasteiger partial charge in [0.1, 0.15) is 0 Å². The van der Waals surface area contributed by atoms with Gasteiger partial charge in [-0.15, -0.1) is 0 Å².